The molecule has 7 nitrogen and oxygen atoms in total. The number of alkyl halides is 3. The van der Waals surface area contributed by atoms with Gasteiger partial charge in [0.15, 0.2) is 0 Å². The molecule has 38 heavy (non-hydrogen) atoms. The molecule has 4 rings (SSSR count). The van der Waals surface area contributed by atoms with E-state index < -0.39 is 11.7 Å². The quantitative estimate of drug-likeness (QED) is 0.390. The number of piperidine rings is 1. The maximum absolute atomic E-state index is 13.4. The molecule has 0 unspecified atom stereocenters. The Kier molecular flexibility index (Phi) is 8.73. The summed E-state index contributed by atoms with van der Waals surface area (Å²) in [4.78, 5) is 30.1. The first-order valence-electron chi connectivity index (χ1n) is 12.6. The number of halogens is 3. The Morgan fingerprint density at radius 2 is 1.87 bits per heavy atom. The number of hydrogen-bond acceptors (Lipinski definition) is 6. The summed E-state index contributed by atoms with van der Waals surface area (Å²) in [6, 6.07) is 8.92. The average Bonchev–Trinajstić information content (AvgIpc) is 2.91. The summed E-state index contributed by atoms with van der Waals surface area (Å²) in [5.41, 5.74) is 1.40. The van der Waals surface area contributed by atoms with E-state index in [1.54, 1.807) is 30.7 Å². The summed E-state index contributed by atoms with van der Waals surface area (Å²) < 4.78 is 38.6. The monoisotopic (exact) mass is 524 g/mol. The number of pyridine rings is 1. The molecule has 1 saturated heterocycles. The van der Waals surface area contributed by atoms with E-state index in [4.69, 9.17) is 0 Å². The second-order valence-electron chi connectivity index (χ2n) is 9.58. The van der Waals surface area contributed by atoms with Crippen molar-refractivity contribution in [3.8, 4) is 0 Å². The van der Waals surface area contributed by atoms with Crippen LogP contribution in [0.2, 0.25) is 0 Å². The van der Waals surface area contributed by atoms with Crippen LogP contribution >= 0.6 is 0 Å². The van der Waals surface area contributed by atoms with Crippen LogP contribution in [0.25, 0.3) is 6.08 Å². The van der Waals surface area contributed by atoms with Gasteiger partial charge in [-0.25, -0.2) is 9.97 Å². The number of carbonyl (C=O) groups excluding carboxylic acids is 1. The lowest BCUT2D eigenvalue weighted by atomic mass is 10.0. The summed E-state index contributed by atoms with van der Waals surface area (Å²) >= 11 is 0. The van der Waals surface area contributed by atoms with Crippen LogP contribution in [0.15, 0.2) is 67.4 Å². The Bertz CT molecular complexity index is 1220. The molecule has 1 N–H and O–H groups in total. The normalized spacial score (nSPS) is 15.2. The molecule has 0 spiro atoms. The first-order valence-corrected chi connectivity index (χ1v) is 12.6. The number of aromatic nitrogens is 3. The number of amides is 1. The van der Waals surface area contributed by atoms with E-state index in [9.17, 15) is 18.0 Å². The standard InChI is InChI=1S/C28H31F3N6O/c1-20(2)36-13-10-25(11-14-36)37(27(38)8-5-21-3-6-23(7-4-21)28(29,30)31)18-22-15-24(17-33-16-22)35-26-9-12-32-19-34-26/h3-9,12,15-17,19-20,25H,10-11,13-14,18H2,1-2H3,(H,32,34,35)/b8-5+. The lowest BCUT2D eigenvalue weighted by Gasteiger charge is -2.39. The third-order valence-corrected chi connectivity index (χ3v) is 6.61. The van der Waals surface area contributed by atoms with Gasteiger partial charge in [-0.1, -0.05) is 12.1 Å². The molecule has 0 aliphatic carbocycles. The summed E-state index contributed by atoms with van der Waals surface area (Å²) in [5, 5.41) is 3.19. The molecule has 1 aromatic carbocycles. The number of rotatable bonds is 8. The van der Waals surface area contributed by atoms with Crippen LogP contribution < -0.4 is 5.32 Å². The highest BCUT2D eigenvalue weighted by molar-refractivity contribution is 5.92. The smallest absolute Gasteiger partial charge is 0.339 e. The fraction of sp³-hybridized carbons (Fsp3) is 0.357. The van der Waals surface area contributed by atoms with E-state index >= 15 is 0 Å². The molecule has 1 fully saturated rings. The molecular formula is C28H31F3N6O. The fourth-order valence-corrected chi connectivity index (χ4v) is 4.50. The van der Waals surface area contributed by atoms with Crippen molar-refractivity contribution in [1.82, 2.24) is 24.8 Å². The van der Waals surface area contributed by atoms with Gasteiger partial charge < -0.3 is 15.1 Å². The van der Waals surface area contributed by atoms with Gasteiger partial charge in [0.1, 0.15) is 12.1 Å². The van der Waals surface area contributed by atoms with Gasteiger partial charge in [0.2, 0.25) is 5.91 Å². The van der Waals surface area contributed by atoms with Gasteiger partial charge >= 0.3 is 6.18 Å². The Hall–Kier alpha value is -3.79. The molecule has 1 aliphatic rings. The van der Waals surface area contributed by atoms with E-state index in [1.807, 2.05) is 11.0 Å². The van der Waals surface area contributed by atoms with Gasteiger partial charge in [0.05, 0.1) is 17.4 Å². The molecule has 0 bridgehead atoms. The molecule has 10 heteroatoms. The van der Waals surface area contributed by atoms with Crippen molar-refractivity contribution in [3.05, 3.63) is 84.1 Å². The molecule has 3 heterocycles. The average molecular weight is 525 g/mol. The van der Waals surface area contributed by atoms with E-state index in [2.05, 4.69) is 39.0 Å². The zero-order valence-electron chi connectivity index (χ0n) is 21.4. The predicted molar refractivity (Wildman–Crippen MR) is 140 cm³/mol. The molecule has 3 aromatic rings. The Morgan fingerprint density at radius 1 is 1.13 bits per heavy atom. The third-order valence-electron chi connectivity index (χ3n) is 6.61. The van der Waals surface area contributed by atoms with Crippen LogP contribution in [-0.2, 0) is 17.5 Å². The Labute approximate surface area is 220 Å². The Morgan fingerprint density at radius 3 is 2.50 bits per heavy atom. The lowest BCUT2D eigenvalue weighted by Crippen LogP contribution is -2.48. The highest BCUT2D eigenvalue weighted by atomic mass is 19.4. The number of anilines is 2. The summed E-state index contributed by atoms with van der Waals surface area (Å²) in [6.07, 6.45) is 6.78. The van der Waals surface area contributed by atoms with Gasteiger partial charge in [0.25, 0.3) is 0 Å². The van der Waals surface area contributed by atoms with Crippen molar-refractivity contribution < 1.29 is 18.0 Å². The highest BCUT2D eigenvalue weighted by Crippen LogP contribution is 2.29. The maximum atomic E-state index is 13.4. The molecule has 200 valence electrons. The summed E-state index contributed by atoms with van der Waals surface area (Å²) in [7, 11) is 0. The van der Waals surface area contributed by atoms with Crippen LogP contribution in [0.1, 0.15) is 43.4 Å². The van der Waals surface area contributed by atoms with Crippen LogP contribution in [-0.4, -0.2) is 55.8 Å². The maximum Gasteiger partial charge on any atom is 0.416 e. The van der Waals surface area contributed by atoms with Crippen molar-refractivity contribution in [3.63, 3.8) is 0 Å². The van der Waals surface area contributed by atoms with E-state index in [1.165, 1.54) is 24.5 Å². The number of hydrogen-bond donors (Lipinski definition) is 1. The first kappa shape index (κ1) is 27.3. The molecule has 0 saturated carbocycles. The van der Waals surface area contributed by atoms with Crippen molar-refractivity contribution in [2.75, 3.05) is 18.4 Å². The largest absolute Gasteiger partial charge is 0.416 e. The zero-order valence-corrected chi connectivity index (χ0v) is 21.4. The van der Waals surface area contributed by atoms with Crippen molar-refractivity contribution >= 4 is 23.5 Å². The van der Waals surface area contributed by atoms with Gasteiger partial charge in [-0.05, 0) is 68.2 Å². The van der Waals surface area contributed by atoms with E-state index in [0.717, 1.165) is 49.3 Å². The molecule has 0 atom stereocenters. The number of likely N-dealkylation sites (tertiary alicyclic amines) is 1. The van der Waals surface area contributed by atoms with Gasteiger partial charge in [-0.15, -0.1) is 0 Å². The number of benzene rings is 1. The number of nitrogens with zero attached hydrogens (tertiary/aromatic N) is 5. The molecular weight excluding hydrogens is 493 g/mol. The Balaban J connectivity index is 1.51. The minimum atomic E-state index is -4.40. The highest BCUT2D eigenvalue weighted by Gasteiger charge is 2.30. The van der Waals surface area contributed by atoms with Crippen LogP contribution in [0, 0.1) is 0 Å². The zero-order chi connectivity index (χ0) is 27.1. The predicted octanol–water partition coefficient (Wildman–Crippen LogP) is 5.55. The lowest BCUT2D eigenvalue weighted by molar-refractivity contribution is -0.137. The molecule has 0 radical (unpaired) electrons. The number of nitrogens with one attached hydrogen (secondary N) is 1. The third kappa shape index (κ3) is 7.38. The van der Waals surface area contributed by atoms with Crippen molar-refractivity contribution in [2.45, 2.75) is 51.5 Å². The fourth-order valence-electron chi connectivity index (χ4n) is 4.50. The van der Waals surface area contributed by atoms with Gasteiger partial charge in [-0.2, -0.15) is 13.2 Å². The van der Waals surface area contributed by atoms with Gasteiger partial charge in [-0.3, -0.25) is 9.78 Å². The number of carbonyl (C=O) groups is 1. The molecule has 1 amide bonds. The van der Waals surface area contributed by atoms with Crippen LogP contribution in [0.3, 0.4) is 0 Å². The summed E-state index contributed by atoms with van der Waals surface area (Å²) in [5.74, 6) is 0.439. The topological polar surface area (TPSA) is 74.2 Å². The molecule has 2 aromatic heterocycles. The van der Waals surface area contributed by atoms with E-state index in [-0.39, 0.29) is 11.9 Å². The molecule has 1 aliphatic heterocycles. The minimum Gasteiger partial charge on any atom is -0.339 e. The summed E-state index contributed by atoms with van der Waals surface area (Å²) in [6.45, 7) is 6.47. The first-order chi connectivity index (χ1) is 18.2. The second-order valence-corrected chi connectivity index (χ2v) is 9.58. The van der Waals surface area contributed by atoms with Crippen molar-refractivity contribution in [2.24, 2.45) is 0 Å². The van der Waals surface area contributed by atoms with Crippen molar-refractivity contribution in [1.29, 1.82) is 0 Å². The van der Waals surface area contributed by atoms with Crippen LogP contribution in [0.4, 0.5) is 24.7 Å². The second kappa shape index (κ2) is 12.2. The van der Waals surface area contributed by atoms with Gasteiger partial charge in [0, 0.05) is 50.2 Å². The SMILES string of the molecule is CC(C)N1CCC(N(Cc2cncc(Nc3ccncn3)c2)C(=O)/C=C/c2ccc(C(F)(F)F)cc2)CC1. The van der Waals surface area contributed by atoms with Crippen LogP contribution in [0.5, 0.6) is 0 Å². The van der Waals surface area contributed by atoms with E-state index in [0.29, 0.717) is 24.0 Å². The minimum absolute atomic E-state index is 0.0354.